The first-order chi connectivity index (χ1) is 64.9. The topological polar surface area (TPSA) is 49.7 Å². The lowest BCUT2D eigenvalue weighted by molar-refractivity contribution is -0.186. The van der Waals surface area contributed by atoms with Crippen LogP contribution in [0.3, 0.4) is 0 Å². The fourth-order valence-corrected chi connectivity index (χ4v) is 26.9. The molecule has 4 spiro atoms. The Labute approximate surface area is 778 Å². The molecule has 3 nitrogen and oxygen atoms in total. The van der Waals surface area contributed by atoms with E-state index in [1.54, 1.807) is 0 Å². The predicted molar refractivity (Wildman–Crippen MR) is 540 cm³/mol. The Hall–Kier alpha value is -15.7. The third-order valence-corrected chi connectivity index (χ3v) is 31.1. The summed E-state index contributed by atoms with van der Waals surface area (Å²) in [6, 6.07) is 175. The van der Waals surface area contributed by atoms with E-state index < -0.39 is 32.7 Å². The molecule has 0 unspecified atom stereocenters. The summed E-state index contributed by atoms with van der Waals surface area (Å²) >= 11 is 0. The molecular weight excluding hydrogens is 1670 g/mol. The number of benzene rings is 20. The molecule has 29 rings (SSSR count). The first kappa shape index (κ1) is 77.5. The zero-order valence-corrected chi connectivity index (χ0v) is 73.7. The van der Waals surface area contributed by atoms with Gasteiger partial charge in [-0.2, -0.15) is 0 Å². The largest absolute Gasteiger partial charge is 0.376 e. The van der Waals surface area contributed by atoms with E-state index in [0.717, 1.165) is 56.3 Å². The molecule has 2 N–H and O–H groups in total. The number of halogens is 1. The fourth-order valence-electron chi connectivity index (χ4n) is 26.9. The number of fused-ring (bicyclic) bond motifs is 43. The maximum atomic E-state index is 15.1. The summed E-state index contributed by atoms with van der Waals surface area (Å²) in [6.07, 6.45) is 0.931. The quantitative estimate of drug-likeness (QED) is 0.0724. The first-order valence-corrected chi connectivity index (χ1v) is 45.6. The molecule has 20 aromatic rings. The highest BCUT2D eigenvalue weighted by atomic mass is 79.9. The van der Waals surface area contributed by atoms with Crippen LogP contribution in [0.1, 0.15) is 128 Å². The van der Waals surface area contributed by atoms with Gasteiger partial charge in [0.15, 0.2) is 0 Å². The van der Waals surface area contributed by atoms with Gasteiger partial charge in [-0.05, 0) is 223 Å². The van der Waals surface area contributed by atoms with Gasteiger partial charge in [0.1, 0.15) is 11.9 Å². The number of rotatable bonds is 7. The van der Waals surface area contributed by atoms with E-state index in [9.17, 15) is 0 Å². The van der Waals surface area contributed by atoms with Crippen LogP contribution in [0.5, 0.6) is 0 Å². The third-order valence-electron chi connectivity index (χ3n) is 31.1. The molecule has 4 heteroatoms. The van der Waals surface area contributed by atoms with E-state index >= 15 is 5.11 Å². The van der Waals surface area contributed by atoms with E-state index in [4.69, 9.17) is 5.26 Å². The fraction of sp³-hybridized carbons (Fsp3) is 0.0469. The smallest absolute Gasteiger partial charge is 0.142 e. The molecule has 132 heavy (non-hydrogen) atoms. The highest BCUT2D eigenvalue weighted by molar-refractivity contribution is 8.93. The van der Waals surface area contributed by atoms with Crippen LogP contribution in [0.4, 0.5) is 0 Å². The van der Waals surface area contributed by atoms with Crippen LogP contribution in [0.2, 0.25) is 0 Å². The Morgan fingerprint density at radius 3 is 0.561 bits per heavy atom. The monoisotopic (exact) mass is 1750 g/mol. The SMILES string of the molecule is Br.C=COO.OC(c1ccccc1-c1ccccc1)(c1cccc2c1-c1ccccc1C21c2ccccc2-c2ccccc21)c1cccc2c1-c1ccccc1C21c2ccccc2-c2ccccc21.c1ccc2c(c1)-c1ccccc1C21c2ccccc2-c2c1cccc2C1(c2cccc3c2-c2ccccc2C32c3ccccc3-c3ccccc32)c2ccccc2-c2ccccc21. The maximum Gasteiger partial charge on any atom is 0.142 e. The molecule has 0 bridgehead atoms. The number of aliphatic hydroxyl groups is 1. The molecular formula is C128H83BrO3. The van der Waals surface area contributed by atoms with E-state index in [-0.39, 0.29) is 17.0 Å². The van der Waals surface area contributed by atoms with Crippen LogP contribution < -0.4 is 0 Å². The maximum absolute atomic E-state index is 15.1. The van der Waals surface area contributed by atoms with Gasteiger partial charge >= 0.3 is 0 Å². The van der Waals surface area contributed by atoms with Crippen LogP contribution in [-0.2, 0) is 37.6 Å². The van der Waals surface area contributed by atoms with Crippen molar-refractivity contribution in [1.82, 2.24) is 0 Å². The average molecular weight is 1750 g/mol. The van der Waals surface area contributed by atoms with Crippen LogP contribution in [-0.4, -0.2) is 10.4 Å². The summed E-state index contributed by atoms with van der Waals surface area (Å²) in [5.74, 6) is 0. The lowest BCUT2D eigenvalue weighted by atomic mass is 9.63. The van der Waals surface area contributed by atoms with Crippen molar-refractivity contribution >= 4 is 17.0 Å². The molecule has 620 valence electrons. The standard InChI is InChI=1S/C63H40O.C63H38.C2H4O2.BrH/c64-63(54-35-17-4-22-41(54)40-20-2-1-3-21-40,57-38-18-36-55-59(57)46-27-9-15-33-52(46)61(55)48-29-11-5-23-42(48)43-24-6-12-30-49(43)61)58-39-19-37-56-60(58)47-28-10-16-34-53(47)62(56)50-31-13-7-25-44(50)45-26-8-14-32-51(45)62;1-9-27-47-39(19-1)40-20-2-10-28-48(40)61(47)53-33-15-7-25-45(53)59-55(61)35-17-37-57(59)63(51-31-13-5-23-43(51)44-24-6-14-32-52(44)63)58-38-18-36-56-60(58)46-26-8-16-34-54(46)62(56)49-29-11-3-21-41(49)42-22-4-12-30-50(42)62;1-2-4-3;/h1-39,64H;1-38H;2-3H,1H2;1H. The molecule has 0 saturated heterocycles. The van der Waals surface area contributed by atoms with Crippen molar-refractivity contribution in [1.29, 1.82) is 0 Å². The van der Waals surface area contributed by atoms with Crippen LogP contribution >= 0.6 is 17.0 Å². The lowest BCUT2D eigenvalue weighted by Gasteiger charge is -2.38. The minimum atomic E-state index is -1.64. The Balaban J connectivity index is 0.000000132. The first-order valence-electron chi connectivity index (χ1n) is 45.6. The van der Waals surface area contributed by atoms with Gasteiger partial charge in [0.25, 0.3) is 0 Å². The highest BCUT2D eigenvalue weighted by Gasteiger charge is 2.61. The molecule has 0 amide bonds. The second-order valence-corrected chi connectivity index (χ2v) is 36.2. The normalized spacial score (nSPS) is 14.7. The van der Waals surface area contributed by atoms with Crippen molar-refractivity contribution in [2.75, 3.05) is 0 Å². The zero-order valence-electron chi connectivity index (χ0n) is 72.0. The van der Waals surface area contributed by atoms with Gasteiger partial charge in [-0.3, -0.25) is 0 Å². The Morgan fingerprint density at radius 2 is 0.326 bits per heavy atom. The molecule has 9 aliphatic carbocycles. The van der Waals surface area contributed by atoms with Gasteiger partial charge in [0.2, 0.25) is 0 Å². The predicted octanol–water partition coefficient (Wildman–Crippen LogP) is 30.3. The third kappa shape index (κ3) is 9.54. The molecule has 9 aliphatic rings. The Morgan fingerprint density at radius 1 is 0.174 bits per heavy atom. The van der Waals surface area contributed by atoms with Gasteiger partial charge in [0, 0.05) is 16.7 Å². The number of hydrogen-bond donors (Lipinski definition) is 2. The van der Waals surface area contributed by atoms with Crippen molar-refractivity contribution in [2.24, 2.45) is 0 Å². The van der Waals surface area contributed by atoms with Gasteiger partial charge < -0.3 is 9.99 Å². The Kier molecular flexibility index (Phi) is 17.0. The second kappa shape index (κ2) is 28.9. The molecule has 0 fully saturated rings. The van der Waals surface area contributed by atoms with E-state index in [1.807, 2.05) is 0 Å². The lowest BCUT2D eigenvalue weighted by Crippen LogP contribution is -2.32. The Bertz CT molecular complexity index is 7690. The summed E-state index contributed by atoms with van der Waals surface area (Å²) in [4.78, 5) is 3.31. The molecule has 0 aromatic heterocycles. The average Bonchev–Trinajstić information content (AvgIpc) is 1.49. The molecule has 0 radical (unpaired) electrons. The van der Waals surface area contributed by atoms with Gasteiger partial charge in [-0.15, -0.1) is 17.0 Å². The highest BCUT2D eigenvalue weighted by Crippen LogP contribution is 2.73. The number of hydrogen-bond acceptors (Lipinski definition) is 3. The summed E-state index contributed by atoms with van der Waals surface area (Å²) in [5, 5.41) is 22.3. The molecule has 20 aromatic carbocycles. The summed E-state index contributed by atoms with van der Waals surface area (Å²) in [6.45, 7) is 3.01. The van der Waals surface area contributed by atoms with Gasteiger partial charge in [0.05, 0.1) is 27.1 Å². The van der Waals surface area contributed by atoms with Crippen molar-refractivity contribution in [3.8, 4) is 111 Å². The molecule has 0 heterocycles. The summed E-state index contributed by atoms with van der Waals surface area (Å²) in [5.41, 5.74) is 49.3. The van der Waals surface area contributed by atoms with Crippen LogP contribution in [0.25, 0.3) is 111 Å². The van der Waals surface area contributed by atoms with E-state index in [0.29, 0.717) is 0 Å². The van der Waals surface area contributed by atoms with E-state index in [2.05, 4.69) is 479 Å². The minimum Gasteiger partial charge on any atom is -0.376 e. The second-order valence-electron chi connectivity index (χ2n) is 36.2. The van der Waals surface area contributed by atoms with E-state index in [1.165, 1.54) is 189 Å². The van der Waals surface area contributed by atoms with Gasteiger partial charge in [-0.25, -0.2) is 5.26 Å². The van der Waals surface area contributed by atoms with Crippen molar-refractivity contribution in [3.63, 3.8) is 0 Å². The minimum absolute atomic E-state index is 0. The zero-order chi connectivity index (χ0) is 86.7. The molecule has 0 saturated carbocycles. The summed E-state index contributed by atoms with van der Waals surface area (Å²) < 4.78 is 0. The van der Waals surface area contributed by atoms with Gasteiger partial charge in [-0.1, -0.05) is 474 Å². The van der Waals surface area contributed by atoms with Crippen LogP contribution in [0, 0.1) is 0 Å². The molecule has 0 atom stereocenters. The summed E-state index contributed by atoms with van der Waals surface area (Å²) in [7, 11) is 0. The molecule has 0 aliphatic heterocycles. The van der Waals surface area contributed by atoms with Crippen molar-refractivity contribution in [3.05, 3.63) is 608 Å². The van der Waals surface area contributed by atoms with Crippen molar-refractivity contribution in [2.45, 2.75) is 32.7 Å². The van der Waals surface area contributed by atoms with Crippen LogP contribution in [0.15, 0.2) is 480 Å². The van der Waals surface area contributed by atoms with Crippen molar-refractivity contribution < 1.29 is 15.3 Å².